The van der Waals surface area contributed by atoms with E-state index < -0.39 is 0 Å². The van der Waals surface area contributed by atoms with Crippen molar-refractivity contribution in [2.75, 3.05) is 32.1 Å². The number of amides is 2. The average molecular weight is 402 g/mol. The molecule has 0 aliphatic carbocycles. The molecule has 7 nitrogen and oxygen atoms in total. The normalized spacial score (nSPS) is 16.1. The van der Waals surface area contributed by atoms with Gasteiger partial charge >= 0.3 is 0 Å². The van der Waals surface area contributed by atoms with Crippen molar-refractivity contribution in [3.05, 3.63) is 41.2 Å². The lowest BCUT2D eigenvalue weighted by Gasteiger charge is -2.27. The highest BCUT2D eigenvalue weighted by molar-refractivity contribution is 6.30. The van der Waals surface area contributed by atoms with Crippen molar-refractivity contribution in [1.82, 2.24) is 20.2 Å². The van der Waals surface area contributed by atoms with Crippen molar-refractivity contribution in [1.29, 1.82) is 0 Å². The van der Waals surface area contributed by atoms with Gasteiger partial charge in [0.2, 0.25) is 17.8 Å². The van der Waals surface area contributed by atoms with Crippen LogP contribution < -0.4 is 10.2 Å². The second-order valence-electron chi connectivity index (χ2n) is 7.03. The van der Waals surface area contributed by atoms with Crippen LogP contribution in [-0.4, -0.2) is 53.9 Å². The summed E-state index contributed by atoms with van der Waals surface area (Å²) in [6.07, 6.45) is 3.50. The van der Waals surface area contributed by atoms with Crippen molar-refractivity contribution < 1.29 is 9.59 Å². The Bertz CT molecular complexity index is 869. The lowest BCUT2D eigenvalue weighted by Crippen LogP contribution is -2.39. The van der Waals surface area contributed by atoms with E-state index in [1.54, 1.807) is 11.1 Å². The number of aromatic nitrogens is 2. The van der Waals surface area contributed by atoms with E-state index in [1.165, 1.54) is 6.92 Å². The molecule has 0 spiro atoms. The fourth-order valence-corrected chi connectivity index (χ4v) is 3.48. The standard InChI is InChI=1S/C20H24ClN5O2/c1-13(27)22-12-18(28)26-10-4-5-17(26)19-16(11-23-20(24-19)25(2)3)14-6-8-15(21)9-7-14/h6-9,11,17H,4-5,10,12H2,1-3H3,(H,22,27)/t17-/m1/s1. The topological polar surface area (TPSA) is 78.4 Å². The number of nitrogens with one attached hydrogen (secondary N) is 1. The minimum absolute atomic E-state index is 0.00622. The molecule has 2 heterocycles. The number of benzene rings is 1. The average Bonchev–Trinajstić information content (AvgIpc) is 3.16. The molecule has 0 radical (unpaired) electrons. The molecule has 1 N–H and O–H groups in total. The molecule has 0 unspecified atom stereocenters. The third-order valence-corrected chi connectivity index (χ3v) is 4.99. The summed E-state index contributed by atoms with van der Waals surface area (Å²) in [6, 6.07) is 7.36. The molecule has 1 aromatic heterocycles. The summed E-state index contributed by atoms with van der Waals surface area (Å²) in [5.41, 5.74) is 2.65. The van der Waals surface area contributed by atoms with E-state index in [0.29, 0.717) is 17.5 Å². The summed E-state index contributed by atoms with van der Waals surface area (Å²) in [4.78, 5) is 36.8. The molecular weight excluding hydrogens is 378 g/mol. The van der Waals surface area contributed by atoms with Crippen LogP contribution >= 0.6 is 11.6 Å². The summed E-state index contributed by atoms with van der Waals surface area (Å²) in [5.74, 6) is 0.265. The zero-order valence-electron chi connectivity index (χ0n) is 16.3. The first kappa shape index (κ1) is 20.1. The molecule has 1 aromatic carbocycles. The monoisotopic (exact) mass is 401 g/mol. The minimum Gasteiger partial charge on any atom is -0.347 e. The zero-order valence-corrected chi connectivity index (χ0v) is 17.0. The van der Waals surface area contributed by atoms with Gasteiger partial charge in [-0.2, -0.15) is 0 Å². The lowest BCUT2D eigenvalue weighted by molar-refractivity contribution is -0.133. The van der Waals surface area contributed by atoms with E-state index in [1.807, 2.05) is 43.3 Å². The number of hydrogen-bond acceptors (Lipinski definition) is 5. The Kier molecular flexibility index (Phi) is 6.14. The highest BCUT2D eigenvalue weighted by Gasteiger charge is 2.33. The number of anilines is 1. The van der Waals surface area contributed by atoms with Crippen molar-refractivity contribution in [2.24, 2.45) is 0 Å². The van der Waals surface area contributed by atoms with E-state index in [-0.39, 0.29) is 24.4 Å². The molecule has 1 aliphatic heterocycles. The third-order valence-electron chi connectivity index (χ3n) is 4.74. The van der Waals surface area contributed by atoms with Crippen molar-refractivity contribution in [3.63, 3.8) is 0 Å². The molecule has 0 saturated carbocycles. The number of carbonyl (C=O) groups excluding carboxylic acids is 2. The third kappa shape index (κ3) is 4.42. The summed E-state index contributed by atoms with van der Waals surface area (Å²) in [6.45, 7) is 2.04. The van der Waals surface area contributed by atoms with Crippen LogP contribution in [0.4, 0.5) is 5.95 Å². The number of carbonyl (C=O) groups is 2. The van der Waals surface area contributed by atoms with E-state index in [4.69, 9.17) is 16.6 Å². The molecule has 28 heavy (non-hydrogen) atoms. The second kappa shape index (κ2) is 8.56. The SMILES string of the molecule is CC(=O)NCC(=O)N1CCC[C@@H]1c1nc(N(C)C)ncc1-c1ccc(Cl)cc1. The molecule has 2 amide bonds. The van der Waals surface area contributed by atoms with E-state index >= 15 is 0 Å². The van der Waals surface area contributed by atoms with Gasteiger partial charge < -0.3 is 15.1 Å². The zero-order chi connectivity index (χ0) is 20.3. The van der Waals surface area contributed by atoms with Gasteiger partial charge in [0.1, 0.15) is 0 Å². The Morgan fingerprint density at radius 1 is 1.29 bits per heavy atom. The molecule has 1 atom stereocenters. The molecule has 3 rings (SSSR count). The van der Waals surface area contributed by atoms with Crippen LogP contribution in [0.5, 0.6) is 0 Å². The number of halogens is 1. The predicted molar refractivity (Wildman–Crippen MR) is 109 cm³/mol. The first-order valence-corrected chi connectivity index (χ1v) is 9.58. The molecule has 148 valence electrons. The summed E-state index contributed by atoms with van der Waals surface area (Å²) >= 11 is 6.03. The van der Waals surface area contributed by atoms with Crippen LogP contribution in [0.3, 0.4) is 0 Å². The Morgan fingerprint density at radius 3 is 2.64 bits per heavy atom. The van der Waals surface area contributed by atoms with Gasteiger partial charge in [-0.25, -0.2) is 9.97 Å². The van der Waals surface area contributed by atoms with Gasteiger partial charge in [-0.15, -0.1) is 0 Å². The smallest absolute Gasteiger partial charge is 0.242 e. The largest absolute Gasteiger partial charge is 0.347 e. The fraction of sp³-hybridized carbons (Fsp3) is 0.400. The number of nitrogens with zero attached hydrogens (tertiary/aromatic N) is 4. The van der Waals surface area contributed by atoms with Crippen molar-refractivity contribution in [2.45, 2.75) is 25.8 Å². The maximum Gasteiger partial charge on any atom is 0.242 e. The molecule has 1 aliphatic rings. The lowest BCUT2D eigenvalue weighted by atomic mass is 10.00. The summed E-state index contributed by atoms with van der Waals surface area (Å²) in [7, 11) is 3.77. The molecular formula is C20H24ClN5O2. The highest BCUT2D eigenvalue weighted by Crippen LogP contribution is 2.37. The Hall–Kier alpha value is -2.67. The van der Waals surface area contributed by atoms with Gasteiger partial charge in [0.05, 0.1) is 18.3 Å². The van der Waals surface area contributed by atoms with Gasteiger partial charge in [-0.3, -0.25) is 9.59 Å². The first-order valence-electron chi connectivity index (χ1n) is 9.21. The minimum atomic E-state index is -0.220. The van der Waals surface area contributed by atoms with Gasteiger partial charge in [-0.05, 0) is 30.5 Å². The van der Waals surface area contributed by atoms with Crippen LogP contribution in [0.15, 0.2) is 30.5 Å². The van der Waals surface area contributed by atoms with Gasteiger partial charge in [0.25, 0.3) is 0 Å². The van der Waals surface area contributed by atoms with Crippen LogP contribution in [0.1, 0.15) is 31.5 Å². The second-order valence-corrected chi connectivity index (χ2v) is 7.46. The molecule has 1 saturated heterocycles. The van der Waals surface area contributed by atoms with E-state index in [2.05, 4.69) is 10.3 Å². The summed E-state index contributed by atoms with van der Waals surface area (Å²) < 4.78 is 0. The number of hydrogen-bond donors (Lipinski definition) is 1. The maximum absolute atomic E-state index is 12.7. The van der Waals surface area contributed by atoms with Crippen LogP contribution in [0.25, 0.3) is 11.1 Å². The van der Waals surface area contributed by atoms with E-state index in [0.717, 1.165) is 29.7 Å². The van der Waals surface area contributed by atoms with Crippen LogP contribution in [-0.2, 0) is 9.59 Å². The van der Waals surface area contributed by atoms with Gasteiger partial charge in [-0.1, -0.05) is 23.7 Å². The Balaban J connectivity index is 2.00. The predicted octanol–water partition coefficient (Wildman–Crippen LogP) is 2.66. The highest BCUT2D eigenvalue weighted by atomic mass is 35.5. The number of likely N-dealkylation sites (tertiary alicyclic amines) is 1. The summed E-state index contributed by atoms with van der Waals surface area (Å²) in [5, 5.41) is 3.25. The Labute approximate surface area is 169 Å². The van der Waals surface area contributed by atoms with E-state index in [9.17, 15) is 9.59 Å². The van der Waals surface area contributed by atoms with Crippen LogP contribution in [0.2, 0.25) is 5.02 Å². The quantitative estimate of drug-likeness (QED) is 0.833. The fourth-order valence-electron chi connectivity index (χ4n) is 3.36. The molecule has 2 aromatic rings. The molecule has 0 bridgehead atoms. The van der Waals surface area contributed by atoms with Gasteiger partial charge in [0.15, 0.2) is 0 Å². The van der Waals surface area contributed by atoms with Gasteiger partial charge in [0, 0.05) is 44.3 Å². The molecule has 8 heteroatoms. The number of rotatable bonds is 5. The van der Waals surface area contributed by atoms with Crippen molar-refractivity contribution >= 4 is 29.4 Å². The molecule has 1 fully saturated rings. The first-order chi connectivity index (χ1) is 13.4. The van der Waals surface area contributed by atoms with Crippen molar-refractivity contribution in [3.8, 4) is 11.1 Å². The maximum atomic E-state index is 12.7. The van der Waals surface area contributed by atoms with Crippen LogP contribution in [0, 0.1) is 0 Å². The Morgan fingerprint density at radius 2 is 2.00 bits per heavy atom.